The van der Waals surface area contributed by atoms with Crippen LogP contribution in [0.1, 0.15) is 47.3 Å². The van der Waals surface area contributed by atoms with Gasteiger partial charge in [0.1, 0.15) is 6.04 Å². The molecule has 0 spiro atoms. The second-order valence-corrected chi connectivity index (χ2v) is 8.96. The van der Waals surface area contributed by atoms with E-state index in [0.29, 0.717) is 17.7 Å². The lowest BCUT2D eigenvalue weighted by Crippen LogP contribution is -2.52. The molecule has 1 fully saturated rings. The molecular formula is C27H25N5O4. The van der Waals surface area contributed by atoms with Gasteiger partial charge in [-0.2, -0.15) is 0 Å². The molecule has 3 aromatic rings. The maximum absolute atomic E-state index is 12.8. The van der Waals surface area contributed by atoms with E-state index in [1.807, 2.05) is 43.3 Å². The Morgan fingerprint density at radius 2 is 1.89 bits per heavy atom. The summed E-state index contributed by atoms with van der Waals surface area (Å²) < 4.78 is 0. The van der Waals surface area contributed by atoms with Crippen LogP contribution in [0.15, 0.2) is 67.0 Å². The van der Waals surface area contributed by atoms with Crippen molar-refractivity contribution in [2.24, 2.45) is 0 Å². The molecule has 9 nitrogen and oxygen atoms in total. The minimum Gasteiger partial charge on any atom is -0.331 e. The van der Waals surface area contributed by atoms with Crippen LogP contribution >= 0.6 is 0 Å². The number of rotatable bonds is 5. The number of carbonyl (C=O) groups excluding carboxylic acids is 4. The van der Waals surface area contributed by atoms with Crippen molar-refractivity contribution in [3.63, 3.8) is 0 Å². The molecule has 3 N–H and O–H groups in total. The molecular weight excluding hydrogens is 458 g/mol. The van der Waals surface area contributed by atoms with Crippen molar-refractivity contribution in [2.45, 2.75) is 38.4 Å². The minimum atomic E-state index is -0.673. The van der Waals surface area contributed by atoms with Gasteiger partial charge in [0.05, 0.1) is 6.04 Å². The largest absolute Gasteiger partial charge is 0.331 e. The smallest absolute Gasteiger partial charge is 0.319 e. The third-order valence-corrected chi connectivity index (χ3v) is 6.53. The minimum absolute atomic E-state index is 0.202. The molecule has 3 heterocycles. The van der Waals surface area contributed by atoms with Gasteiger partial charge in [-0.3, -0.25) is 24.7 Å². The molecule has 0 aliphatic carbocycles. The number of piperidine rings is 1. The summed E-state index contributed by atoms with van der Waals surface area (Å²) in [6.45, 7) is 2.15. The van der Waals surface area contributed by atoms with Crippen molar-refractivity contribution in [3.8, 4) is 11.1 Å². The first-order valence-electron chi connectivity index (χ1n) is 11.7. The Morgan fingerprint density at radius 3 is 2.61 bits per heavy atom. The number of nitrogens with zero attached hydrogens (tertiary/aromatic N) is 2. The topological polar surface area (TPSA) is 120 Å². The fourth-order valence-electron chi connectivity index (χ4n) is 4.60. The van der Waals surface area contributed by atoms with Crippen LogP contribution in [0.3, 0.4) is 0 Å². The Balaban J connectivity index is 1.21. The second-order valence-electron chi connectivity index (χ2n) is 8.96. The summed E-state index contributed by atoms with van der Waals surface area (Å²) in [6, 6.07) is 15.6. The lowest BCUT2D eigenvalue weighted by Gasteiger charge is -2.29. The summed E-state index contributed by atoms with van der Waals surface area (Å²) in [5.41, 5.74) is 4.78. The zero-order valence-corrected chi connectivity index (χ0v) is 19.7. The van der Waals surface area contributed by atoms with Crippen LogP contribution in [-0.4, -0.2) is 39.7 Å². The molecule has 2 unspecified atom stereocenters. The summed E-state index contributed by atoms with van der Waals surface area (Å²) in [5.74, 6) is -1.02. The lowest BCUT2D eigenvalue weighted by molar-refractivity contribution is -0.136. The summed E-state index contributed by atoms with van der Waals surface area (Å²) in [5, 5.41) is 8.04. The van der Waals surface area contributed by atoms with Gasteiger partial charge in [0.15, 0.2) is 0 Å². The highest BCUT2D eigenvalue weighted by Gasteiger charge is 2.39. The molecule has 1 saturated heterocycles. The Bertz CT molecular complexity index is 1340. The number of hydrogen-bond donors (Lipinski definition) is 3. The SMILES string of the molecule is CC(NC(=O)Nc1ccc2c(c1)CN(C1CCC(=O)NC1=O)C2=O)c1ccc(-c2cccnc2)cc1. The predicted octanol–water partition coefficient (Wildman–Crippen LogP) is 3.39. The van der Waals surface area contributed by atoms with Crippen LogP contribution in [0.4, 0.5) is 10.5 Å². The van der Waals surface area contributed by atoms with Crippen LogP contribution in [0.25, 0.3) is 11.1 Å². The Hall–Kier alpha value is -4.53. The van der Waals surface area contributed by atoms with Crippen molar-refractivity contribution in [1.29, 1.82) is 0 Å². The maximum atomic E-state index is 12.8. The molecule has 182 valence electrons. The van der Waals surface area contributed by atoms with Crippen LogP contribution < -0.4 is 16.0 Å². The number of aromatic nitrogens is 1. The van der Waals surface area contributed by atoms with Gasteiger partial charge in [-0.15, -0.1) is 0 Å². The van der Waals surface area contributed by atoms with Gasteiger partial charge < -0.3 is 15.5 Å². The molecule has 5 rings (SSSR count). The monoisotopic (exact) mass is 483 g/mol. The molecule has 2 aliphatic rings. The molecule has 2 aliphatic heterocycles. The van der Waals surface area contributed by atoms with Crippen molar-refractivity contribution in [1.82, 2.24) is 20.5 Å². The van der Waals surface area contributed by atoms with Crippen molar-refractivity contribution in [2.75, 3.05) is 5.32 Å². The van der Waals surface area contributed by atoms with Gasteiger partial charge in [-0.05, 0) is 59.9 Å². The molecule has 0 saturated carbocycles. The van der Waals surface area contributed by atoms with Crippen LogP contribution in [0.5, 0.6) is 0 Å². The fourth-order valence-corrected chi connectivity index (χ4v) is 4.60. The molecule has 1 aromatic heterocycles. The standard InChI is InChI=1S/C27H25N5O4/c1-16(17-4-6-18(7-5-17)19-3-2-12-28-14-19)29-27(36)30-21-8-9-22-20(13-21)15-32(26(22)35)23-10-11-24(33)31-25(23)34/h2-9,12-14,16,23H,10-11,15H2,1H3,(H2,29,30,36)(H,31,33,34). The van der Waals surface area contributed by atoms with Crippen LogP contribution in [0, 0.1) is 0 Å². The zero-order chi connectivity index (χ0) is 25.2. The molecule has 2 atom stereocenters. The Labute approximate surface area is 207 Å². The van der Waals surface area contributed by atoms with E-state index in [-0.39, 0.29) is 36.9 Å². The third kappa shape index (κ3) is 4.68. The quantitative estimate of drug-likeness (QED) is 0.481. The summed E-state index contributed by atoms with van der Waals surface area (Å²) in [7, 11) is 0. The molecule has 9 heteroatoms. The van der Waals surface area contributed by atoms with Gasteiger partial charge in [0, 0.05) is 36.6 Å². The van der Waals surface area contributed by atoms with Crippen molar-refractivity contribution >= 4 is 29.4 Å². The van der Waals surface area contributed by atoms with Crippen molar-refractivity contribution < 1.29 is 19.2 Å². The molecule has 0 bridgehead atoms. The number of carbonyl (C=O) groups is 4. The van der Waals surface area contributed by atoms with E-state index in [2.05, 4.69) is 20.9 Å². The van der Waals surface area contributed by atoms with E-state index >= 15 is 0 Å². The fraction of sp³-hybridized carbons (Fsp3) is 0.222. The van der Waals surface area contributed by atoms with Crippen LogP contribution in [-0.2, 0) is 16.1 Å². The molecule has 5 amide bonds. The number of urea groups is 1. The number of amides is 5. The van der Waals surface area contributed by atoms with E-state index in [4.69, 9.17) is 0 Å². The van der Waals surface area contributed by atoms with E-state index < -0.39 is 11.9 Å². The summed E-state index contributed by atoms with van der Waals surface area (Å²) in [4.78, 5) is 54.7. The number of hydrogen-bond acceptors (Lipinski definition) is 5. The van der Waals surface area contributed by atoms with E-state index in [1.54, 1.807) is 30.6 Å². The average molecular weight is 484 g/mol. The van der Waals surface area contributed by atoms with E-state index in [1.165, 1.54) is 4.90 Å². The number of nitrogens with one attached hydrogen (secondary N) is 3. The highest BCUT2D eigenvalue weighted by molar-refractivity contribution is 6.05. The number of anilines is 1. The van der Waals surface area contributed by atoms with E-state index in [0.717, 1.165) is 22.3 Å². The number of imide groups is 1. The van der Waals surface area contributed by atoms with Crippen LogP contribution in [0.2, 0.25) is 0 Å². The molecule has 0 radical (unpaired) electrons. The first kappa shape index (κ1) is 23.2. The highest BCUT2D eigenvalue weighted by atomic mass is 16.2. The molecule has 2 aromatic carbocycles. The highest BCUT2D eigenvalue weighted by Crippen LogP contribution is 2.29. The van der Waals surface area contributed by atoms with Gasteiger partial charge in [0.25, 0.3) is 5.91 Å². The number of fused-ring (bicyclic) bond motifs is 1. The van der Waals surface area contributed by atoms with Gasteiger partial charge in [0.2, 0.25) is 11.8 Å². The summed E-state index contributed by atoms with van der Waals surface area (Å²) in [6.07, 6.45) is 4.04. The number of pyridine rings is 1. The zero-order valence-electron chi connectivity index (χ0n) is 19.7. The Kier molecular flexibility index (Phi) is 6.20. The first-order chi connectivity index (χ1) is 17.4. The van der Waals surface area contributed by atoms with E-state index in [9.17, 15) is 19.2 Å². The average Bonchev–Trinajstić information content (AvgIpc) is 3.20. The normalized spacial score (nSPS) is 17.9. The Morgan fingerprint density at radius 1 is 1.08 bits per heavy atom. The molecule has 36 heavy (non-hydrogen) atoms. The summed E-state index contributed by atoms with van der Waals surface area (Å²) >= 11 is 0. The lowest BCUT2D eigenvalue weighted by atomic mass is 10.0. The van der Waals surface area contributed by atoms with Gasteiger partial charge >= 0.3 is 6.03 Å². The third-order valence-electron chi connectivity index (χ3n) is 6.53. The first-order valence-corrected chi connectivity index (χ1v) is 11.7. The maximum Gasteiger partial charge on any atom is 0.319 e. The van der Waals surface area contributed by atoms with Gasteiger partial charge in [-0.25, -0.2) is 4.79 Å². The van der Waals surface area contributed by atoms with Crippen molar-refractivity contribution in [3.05, 3.63) is 83.7 Å². The van der Waals surface area contributed by atoms with Gasteiger partial charge in [-0.1, -0.05) is 30.3 Å². The number of benzene rings is 2. The second kappa shape index (κ2) is 9.61. The predicted molar refractivity (Wildman–Crippen MR) is 133 cm³/mol.